The Hall–Kier alpha value is -8.84. The number of nitrogens with one attached hydrogen (secondary N) is 3. The fourth-order valence-electron chi connectivity index (χ4n) is 13.1. The Labute approximate surface area is 592 Å². The number of terminal acetylenes is 1. The van der Waals surface area contributed by atoms with Gasteiger partial charge in [0.15, 0.2) is 0 Å². The number of halogens is 6. The molecule has 7 heterocycles. The molecule has 514 valence electrons. The summed E-state index contributed by atoms with van der Waals surface area (Å²) in [4.78, 5) is 41.0. The van der Waals surface area contributed by atoms with E-state index < -0.39 is 28.9 Å². The number of nitrogen functional groups attached to an aromatic ring is 1. The maximum atomic E-state index is 14.3. The van der Waals surface area contributed by atoms with Crippen LogP contribution in [0.4, 0.5) is 35.9 Å². The molecule has 21 heteroatoms. The Balaban J connectivity index is 0.000000151. The van der Waals surface area contributed by atoms with E-state index in [0.29, 0.717) is 58.0 Å². The first-order chi connectivity index (χ1) is 47.3. The molecule has 3 saturated heterocycles. The number of aromatic nitrogens is 5. The van der Waals surface area contributed by atoms with Crippen molar-refractivity contribution >= 4 is 113 Å². The third-order valence-electron chi connectivity index (χ3n) is 17.9. The van der Waals surface area contributed by atoms with E-state index in [0.717, 1.165) is 113 Å². The van der Waals surface area contributed by atoms with E-state index in [2.05, 4.69) is 133 Å². The van der Waals surface area contributed by atoms with Gasteiger partial charge in [-0.05, 0) is 251 Å². The number of fused-ring (bicyclic) bond motifs is 5. The van der Waals surface area contributed by atoms with Crippen molar-refractivity contribution in [1.82, 2.24) is 24.5 Å². The van der Waals surface area contributed by atoms with E-state index in [1.807, 2.05) is 54.7 Å². The van der Waals surface area contributed by atoms with Gasteiger partial charge in [-0.25, -0.2) is 18.2 Å². The van der Waals surface area contributed by atoms with E-state index in [-0.39, 0.29) is 67.8 Å². The molecule has 6 fully saturated rings. The van der Waals surface area contributed by atoms with Crippen molar-refractivity contribution in [2.45, 2.75) is 185 Å². The molecule has 0 radical (unpaired) electrons. The highest BCUT2D eigenvalue weighted by Gasteiger charge is 2.46. The van der Waals surface area contributed by atoms with Gasteiger partial charge in [0.05, 0.1) is 87.6 Å². The van der Waals surface area contributed by atoms with Crippen LogP contribution in [0.25, 0.3) is 43.7 Å². The van der Waals surface area contributed by atoms with Crippen LogP contribution < -0.4 is 21.7 Å². The van der Waals surface area contributed by atoms with Gasteiger partial charge in [0.2, 0.25) is 5.91 Å². The number of rotatable bonds is 9. The predicted octanol–water partition coefficient (Wildman–Crippen LogP) is 15.8. The van der Waals surface area contributed by atoms with E-state index >= 15 is 0 Å². The number of carboxylic acid groups (broad SMARTS) is 1. The van der Waals surface area contributed by atoms with E-state index in [9.17, 15) is 22.8 Å². The molecule has 3 aromatic carbocycles. The first-order valence-corrected chi connectivity index (χ1v) is 34.1. The highest BCUT2D eigenvalue weighted by atomic mass is 35.5. The molecule has 99 heavy (non-hydrogen) atoms. The third kappa shape index (κ3) is 20.6. The molecule has 0 spiro atoms. The van der Waals surface area contributed by atoms with Gasteiger partial charge in [0, 0.05) is 81.0 Å². The number of anilines is 4. The fourth-order valence-corrected chi connectivity index (χ4v) is 13.6. The van der Waals surface area contributed by atoms with Gasteiger partial charge in [-0.2, -0.15) is 0 Å². The van der Waals surface area contributed by atoms with Gasteiger partial charge in [0.1, 0.15) is 28.3 Å². The number of imidazole rings is 1. The van der Waals surface area contributed by atoms with Crippen LogP contribution in [-0.2, 0) is 23.8 Å². The third-order valence-corrected chi connectivity index (χ3v) is 18.6. The standard InChI is InChI=1S/C21H25ClFN3O2.C21H23ClFN3O.C15H18ClN3O.C15H4.C6H9FO2/c1-12-7-15(5-6-28-12)25-19-16-8-14(22)3-4-17(16)24-11-18(19)26-20(27)13-9-21(2,23)10-13;1-12-7-15(5-6-27-12)26-19-16-8-14(22)3-4-17(16)24-11-18(19)25-20(26)13-9-21(2,23)10-13;1-9-6-11(4-5-20-9)19-15-12-7-10(16)2-3-14(12)18-8-13(15)17;1-3-5-7-9-11-13-15-14-12-10-8-6-4-2;1-6(7)2-4(3-6)5(8)9/h3-4,8,11-13,15H,5-7,9-10H2,1-2H3,(H,24,25)(H,26,27);3-4,8,11-13,15H,5-7,9-10H2,1-2H3;2-3,7-9,11H,4-6,17H2,1H3,(H,18,19);1H,2H3;4H,2-3H2,1H3,(H,8,9)/t2*12-,13?,15-,21?;9-,11-;;/m111../s1. The summed E-state index contributed by atoms with van der Waals surface area (Å²) in [5, 5.41) is 23.2. The van der Waals surface area contributed by atoms with E-state index in [1.165, 1.54) is 13.8 Å². The van der Waals surface area contributed by atoms with Crippen molar-refractivity contribution in [3.05, 3.63) is 94.1 Å². The topological polar surface area (TPSA) is 201 Å². The molecular weight excluding hydrogens is 1320 g/mol. The second kappa shape index (κ2) is 33.8. The number of hydrogen-bond donors (Lipinski definition) is 5. The van der Waals surface area contributed by atoms with Crippen LogP contribution in [0.5, 0.6) is 0 Å². The Kier molecular flexibility index (Phi) is 25.4. The maximum Gasteiger partial charge on any atom is 0.306 e. The van der Waals surface area contributed by atoms with Crippen molar-refractivity contribution < 1.29 is 42.1 Å². The monoisotopic (exact) mass is 1400 g/mol. The Morgan fingerprint density at radius 3 is 1.53 bits per heavy atom. The number of benzene rings is 3. The maximum absolute atomic E-state index is 14.3. The Morgan fingerprint density at radius 2 is 1.04 bits per heavy atom. The molecule has 6 aliphatic rings. The van der Waals surface area contributed by atoms with Crippen LogP contribution in [0, 0.1) is 95.2 Å². The fraction of sp³-hybridized carbons (Fsp3) is 0.436. The molecule has 0 bridgehead atoms. The summed E-state index contributed by atoms with van der Waals surface area (Å²) in [5.41, 5.74) is 10.1. The zero-order chi connectivity index (χ0) is 71.0. The van der Waals surface area contributed by atoms with Gasteiger partial charge in [-0.1, -0.05) is 40.7 Å². The minimum absolute atomic E-state index is 0.153. The molecule has 0 unspecified atom stereocenters. The number of alkyl halides is 3. The van der Waals surface area contributed by atoms with Crippen molar-refractivity contribution in [3.63, 3.8) is 0 Å². The minimum Gasteiger partial charge on any atom is -0.481 e. The van der Waals surface area contributed by atoms with Crippen LogP contribution in [-0.4, -0.2) is 109 Å². The zero-order valence-corrected chi connectivity index (χ0v) is 58.6. The van der Waals surface area contributed by atoms with E-state index in [1.54, 1.807) is 32.3 Å². The number of hydrogen-bond acceptors (Lipinski definition) is 12. The first kappa shape index (κ1) is 74.4. The molecule has 3 saturated carbocycles. The molecular formula is C78H79Cl3F3N9O6. The van der Waals surface area contributed by atoms with Crippen LogP contribution in [0.3, 0.4) is 0 Å². The summed E-state index contributed by atoms with van der Waals surface area (Å²) in [7, 11) is 0. The number of carbonyl (C=O) groups excluding carboxylic acids is 1. The number of amides is 1. The van der Waals surface area contributed by atoms with Gasteiger partial charge in [-0.3, -0.25) is 24.5 Å². The molecule has 6 atom stereocenters. The number of carboxylic acids is 1. The number of ether oxygens (including phenoxy) is 3. The second-order valence-corrected chi connectivity index (χ2v) is 27.9. The Bertz CT molecular complexity index is 4570. The number of nitrogens with two attached hydrogens (primary N) is 1. The van der Waals surface area contributed by atoms with Gasteiger partial charge in [-0.15, -0.1) is 6.42 Å². The quantitative estimate of drug-likeness (QED) is 0.0856. The molecule has 7 aromatic rings. The molecule has 3 aliphatic carbocycles. The number of nitrogens with zero attached hydrogens (tertiary/aromatic N) is 5. The molecule has 6 N–H and O–H groups in total. The van der Waals surface area contributed by atoms with Gasteiger partial charge < -0.3 is 45.6 Å². The summed E-state index contributed by atoms with van der Waals surface area (Å²) in [6.45, 7) is 14.8. The highest BCUT2D eigenvalue weighted by Crippen LogP contribution is 2.49. The Morgan fingerprint density at radius 1 is 0.596 bits per heavy atom. The SMILES string of the molecule is C#CC#CC#CC#CC#CC#CC#CC.CC1(F)CC(C(=O)O)C1.C[C@@H]1C[C@H](Nc2c(N)cnc3ccc(Cl)cc23)CCO1.C[C@@H]1C[C@H](Nc2c(NC(=O)C3CC(C)(F)C3)cnc3ccc(Cl)cc23)CCO1.C[C@@H]1C[C@H](n2c(C3CC(C)(F)C3)nc3cnc4ccc(Cl)cc4c32)CCO1. The molecule has 3 aliphatic heterocycles. The normalized spacial score (nSPS) is 26.0. The average molecular weight is 1400 g/mol. The van der Waals surface area contributed by atoms with Crippen LogP contribution in [0.15, 0.2) is 73.2 Å². The van der Waals surface area contributed by atoms with Crippen LogP contribution >= 0.6 is 34.8 Å². The first-order valence-electron chi connectivity index (χ1n) is 33.0. The average Bonchev–Trinajstić information content (AvgIpc) is 1.67. The lowest BCUT2D eigenvalue weighted by Crippen LogP contribution is -2.43. The second-order valence-electron chi connectivity index (χ2n) is 26.6. The number of aliphatic carboxylic acids is 1. The molecule has 1 amide bonds. The summed E-state index contributed by atoms with van der Waals surface area (Å²) in [6.07, 6.45) is 18.2. The van der Waals surface area contributed by atoms with Crippen molar-refractivity contribution in [3.8, 4) is 83.4 Å². The number of carbonyl (C=O) groups is 2. The summed E-state index contributed by atoms with van der Waals surface area (Å²) in [6, 6.07) is 17.8. The highest BCUT2D eigenvalue weighted by molar-refractivity contribution is 6.32. The van der Waals surface area contributed by atoms with Crippen molar-refractivity contribution in [2.24, 2.45) is 11.8 Å². The van der Waals surface area contributed by atoms with Crippen molar-refractivity contribution in [1.29, 1.82) is 0 Å². The molecule has 15 nitrogen and oxygen atoms in total. The lowest BCUT2D eigenvalue weighted by molar-refractivity contribution is -0.150. The summed E-state index contributed by atoms with van der Waals surface area (Å²) in [5.74, 6) is 31.3. The van der Waals surface area contributed by atoms with Gasteiger partial charge in [0.25, 0.3) is 0 Å². The van der Waals surface area contributed by atoms with Crippen LogP contribution in [0.2, 0.25) is 15.1 Å². The number of pyridine rings is 3. The largest absolute Gasteiger partial charge is 0.481 e. The van der Waals surface area contributed by atoms with Crippen molar-refractivity contribution in [2.75, 3.05) is 41.5 Å². The smallest absolute Gasteiger partial charge is 0.306 e. The molecule has 4 aromatic heterocycles. The van der Waals surface area contributed by atoms with Crippen LogP contribution in [0.1, 0.15) is 143 Å². The predicted molar refractivity (Wildman–Crippen MR) is 389 cm³/mol. The summed E-state index contributed by atoms with van der Waals surface area (Å²) < 4.78 is 60.0. The summed E-state index contributed by atoms with van der Waals surface area (Å²) >= 11 is 18.6. The van der Waals surface area contributed by atoms with Gasteiger partial charge >= 0.3 is 5.97 Å². The zero-order valence-electron chi connectivity index (χ0n) is 56.4. The molecule has 13 rings (SSSR count). The minimum atomic E-state index is -1.24. The lowest BCUT2D eigenvalue weighted by atomic mass is 9.73. The lowest BCUT2D eigenvalue weighted by Gasteiger charge is -2.40. The van der Waals surface area contributed by atoms with E-state index in [4.69, 9.17) is 71.3 Å².